The molecule has 0 bridgehead atoms. The molecule has 8 aromatic rings. The van der Waals surface area contributed by atoms with Gasteiger partial charge in [0.05, 0.1) is 28.7 Å². The van der Waals surface area contributed by atoms with E-state index >= 15 is 0 Å². The first-order valence-electron chi connectivity index (χ1n) is 16.7. The van der Waals surface area contributed by atoms with Crippen molar-refractivity contribution in [3.8, 4) is 0 Å². The van der Waals surface area contributed by atoms with Crippen molar-refractivity contribution in [1.29, 1.82) is 0 Å². The second-order valence-electron chi connectivity index (χ2n) is 12.5. The van der Waals surface area contributed by atoms with Crippen LogP contribution < -0.4 is 14.7 Å². The second-order valence-corrected chi connectivity index (χ2v) is 13.6. The molecular weight excluding hydrogens is 615 g/mol. The molecule has 7 aromatic carbocycles. The van der Waals surface area contributed by atoms with Crippen LogP contribution in [0.25, 0.3) is 10.1 Å². The van der Waals surface area contributed by atoms with Crippen LogP contribution in [0.1, 0.15) is 21.9 Å². The van der Waals surface area contributed by atoms with Crippen molar-refractivity contribution in [2.45, 2.75) is 5.92 Å². The lowest BCUT2D eigenvalue weighted by Gasteiger charge is -2.44. The van der Waals surface area contributed by atoms with E-state index in [4.69, 9.17) is 0 Å². The van der Waals surface area contributed by atoms with Gasteiger partial charge in [0.2, 0.25) is 0 Å². The van der Waals surface area contributed by atoms with E-state index in [2.05, 4.69) is 197 Å². The summed E-state index contributed by atoms with van der Waals surface area (Å²) >= 11 is 1.93. The van der Waals surface area contributed by atoms with Gasteiger partial charge in [0.15, 0.2) is 0 Å². The number of hydrogen-bond donors (Lipinski definition) is 0. The van der Waals surface area contributed by atoms with Crippen LogP contribution in [-0.4, -0.2) is 0 Å². The maximum absolute atomic E-state index is 2.50. The topological polar surface area (TPSA) is 9.72 Å². The summed E-state index contributed by atoms with van der Waals surface area (Å²) in [5.74, 6) is 0.124. The molecule has 4 heteroatoms. The third-order valence-electron chi connectivity index (χ3n) is 9.79. The monoisotopic (exact) mass is 645 g/mol. The van der Waals surface area contributed by atoms with Crippen molar-refractivity contribution in [1.82, 2.24) is 0 Å². The Hall–Kier alpha value is -6.10. The van der Waals surface area contributed by atoms with E-state index in [1.54, 1.807) is 0 Å². The summed E-state index contributed by atoms with van der Waals surface area (Å²) < 4.78 is 1.32. The first kappa shape index (κ1) is 28.0. The van der Waals surface area contributed by atoms with E-state index in [-0.39, 0.29) is 5.92 Å². The molecule has 49 heavy (non-hydrogen) atoms. The summed E-state index contributed by atoms with van der Waals surface area (Å²) in [4.78, 5) is 8.70. The molecule has 1 unspecified atom stereocenters. The van der Waals surface area contributed by atoms with Crippen molar-refractivity contribution in [2.75, 3.05) is 14.7 Å². The van der Waals surface area contributed by atoms with Gasteiger partial charge in [-0.25, -0.2) is 0 Å². The fourth-order valence-electron chi connectivity index (χ4n) is 7.81. The van der Waals surface area contributed by atoms with Gasteiger partial charge in [0, 0.05) is 49.0 Å². The number of thiophene rings is 1. The molecule has 0 spiro atoms. The van der Waals surface area contributed by atoms with Crippen LogP contribution in [0.5, 0.6) is 0 Å². The van der Waals surface area contributed by atoms with Crippen LogP contribution in [0, 0.1) is 0 Å². The van der Waals surface area contributed by atoms with Gasteiger partial charge < -0.3 is 14.7 Å². The minimum atomic E-state index is 0.124. The largest absolute Gasteiger partial charge is 0.310 e. The smallest absolute Gasteiger partial charge is 0.0689 e. The highest BCUT2D eigenvalue weighted by Crippen LogP contribution is 2.63. The average molecular weight is 646 g/mol. The molecule has 0 fully saturated rings. The van der Waals surface area contributed by atoms with Crippen molar-refractivity contribution >= 4 is 72.6 Å². The minimum absolute atomic E-state index is 0.124. The van der Waals surface area contributed by atoms with Gasteiger partial charge in [-0.15, -0.1) is 11.3 Å². The average Bonchev–Trinajstić information content (AvgIpc) is 3.55. The zero-order valence-electron chi connectivity index (χ0n) is 26.6. The molecule has 0 saturated carbocycles. The predicted octanol–water partition coefficient (Wildman–Crippen LogP) is 13.1. The molecule has 1 aromatic heterocycles. The number of anilines is 9. The molecule has 0 saturated heterocycles. The lowest BCUT2D eigenvalue weighted by atomic mass is 9.79. The number of fused-ring (bicyclic) bond motifs is 6. The minimum Gasteiger partial charge on any atom is -0.310 e. The summed E-state index contributed by atoms with van der Waals surface area (Å²) in [7, 11) is 0. The SMILES string of the molecule is c1ccc(N(c2ccccc2)c2cccc(N3c4ccccc4C4c5sc6ccccc6c5N(c5ccccc5)c5cccc3c54)c2)cc1. The zero-order chi connectivity index (χ0) is 32.3. The maximum atomic E-state index is 2.50. The Bertz CT molecular complexity index is 2430. The zero-order valence-corrected chi connectivity index (χ0v) is 27.5. The Balaban J connectivity index is 1.21. The second kappa shape index (κ2) is 11.3. The standard InChI is InChI=1S/C45H31N3S/c1-4-16-31(17-5-1)46(32-18-6-2-7-19-32)34-22-14-23-35(30-34)47-38-26-12-10-24-36(38)42-43-39(47)27-15-28-40(43)48(33-20-8-3-9-21-33)44-37-25-11-13-29-41(37)49-45(42)44/h1-30,42H. The first-order valence-corrected chi connectivity index (χ1v) is 17.6. The Morgan fingerprint density at radius 2 is 1.00 bits per heavy atom. The van der Waals surface area contributed by atoms with Crippen LogP contribution in [-0.2, 0) is 0 Å². The normalized spacial score (nSPS) is 14.2. The number of nitrogens with zero attached hydrogens (tertiary/aromatic N) is 3. The summed E-state index contributed by atoms with van der Waals surface area (Å²) in [5.41, 5.74) is 13.3. The molecule has 0 aliphatic carbocycles. The summed E-state index contributed by atoms with van der Waals surface area (Å²) in [6.07, 6.45) is 0. The fourth-order valence-corrected chi connectivity index (χ4v) is 9.13. The molecule has 10 rings (SSSR count). The maximum Gasteiger partial charge on any atom is 0.0689 e. The molecule has 3 heterocycles. The van der Waals surface area contributed by atoms with Gasteiger partial charge in [0.1, 0.15) is 0 Å². The van der Waals surface area contributed by atoms with E-state index < -0.39 is 0 Å². The lowest BCUT2D eigenvalue weighted by Crippen LogP contribution is -2.28. The molecular formula is C45H31N3S. The first-order chi connectivity index (χ1) is 24.3. The molecule has 0 N–H and O–H groups in total. The summed E-state index contributed by atoms with van der Waals surface area (Å²) in [6, 6.07) is 65.8. The van der Waals surface area contributed by atoms with Crippen LogP contribution in [0.2, 0.25) is 0 Å². The predicted molar refractivity (Wildman–Crippen MR) is 207 cm³/mol. The van der Waals surface area contributed by atoms with Gasteiger partial charge in [-0.2, -0.15) is 0 Å². The van der Waals surface area contributed by atoms with E-state index in [1.807, 2.05) is 11.3 Å². The highest BCUT2D eigenvalue weighted by molar-refractivity contribution is 7.20. The van der Waals surface area contributed by atoms with Crippen LogP contribution >= 0.6 is 11.3 Å². The Kier molecular flexibility index (Phi) is 6.42. The molecule has 1 atom stereocenters. The molecule has 3 nitrogen and oxygen atoms in total. The van der Waals surface area contributed by atoms with Crippen LogP contribution in [0.15, 0.2) is 182 Å². The van der Waals surface area contributed by atoms with Crippen molar-refractivity contribution in [3.05, 3.63) is 198 Å². The number of hydrogen-bond acceptors (Lipinski definition) is 4. The van der Waals surface area contributed by atoms with Gasteiger partial charge in [-0.05, 0) is 84.4 Å². The third kappa shape index (κ3) is 4.35. The Labute approximate surface area is 290 Å². The Morgan fingerprint density at radius 1 is 0.449 bits per heavy atom. The van der Waals surface area contributed by atoms with Gasteiger partial charge in [-0.1, -0.05) is 103 Å². The van der Waals surface area contributed by atoms with E-state index in [1.165, 1.54) is 54.5 Å². The van der Waals surface area contributed by atoms with E-state index in [9.17, 15) is 0 Å². The fraction of sp³-hybridized carbons (Fsp3) is 0.0222. The quantitative estimate of drug-likeness (QED) is 0.184. The molecule has 0 amide bonds. The number of benzene rings is 7. The summed E-state index contributed by atoms with van der Waals surface area (Å²) in [6.45, 7) is 0. The summed E-state index contributed by atoms with van der Waals surface area (Å²) in [5, 5.41) is 1.30. The van der Waals surface area contributed by atoms with Crippen molar-refractivity contribution < 1.29 is 0 Å². The number of para-hydroxylation sites is 4. The van der Waals surface area contributed by atoms with Crippen LogP contribution in [0.4, 0.5) is 51.2 Å². The lowest BCUT2D eigenvalue weighted by molar-refractivity contribution is 0.932. The van der Waals surface area contributed by atoms with Gasteiger partial charge in [-0.3, -0.25) is 0 Å². The highest BCUT2D eigenvalue weighted by atomic mass is 32.1. The van der Waals surface area contributed by atoms with Crippen molar-refractivity contribution in [3.63, 3.8) is 0 Å². The third-order valence-corrected chi connectivity index (χ3v) is 11.0. The van der Waals surface area contributed by atoms with Gasteiger partial charge >= 0.3 is 0 Å². The highest BCUT2D eigenvalue weighted by Gasteiger charge is 2.42. The Morgan fingerprint density at radius 3 is 1.76 bits per heavy atom. The van der Waals surface area contributed by atoms with E-state index in [0.29, 0.717) is 0 Å². The van der Waals surface area contributed by atoms with Crippen LogP contribution in [0.3, 0.4) is 0 Å². The molecule has 2 aliphatic heterocycles. The molecule has 2 aliphatic rings. The molecule has 232 valence electrons. The van der Waals surface area contributed by atoms with Crippen molar-refractivity contribution in [2.24, 2.45) is 0 Å². The van der Waals surface area contributed by atoms with Gasteiger partial charge in [0.25, 0.3) is 0 Å². The number of rotatable bonds is 5. The molecule has 0 radical (unpaired) electrons. The van der Waals surface area contributed by atoms with E-state index in [0.717, 1.165) is 22.7 Å².